The zero-order valence-electron chi connectivity index (χ0n) is 13.5. The van der Waals surface area contributed by atoms with E-state index in [1.165, 1.54) is 32.4 Å². The summed E-state index contributed by atoms with van der Waals surface area (Å²) in [6.45, 7) is 13.4. The Morgan fingerprint density at radius 2 is 2.00 bits per heavy atom. The van der Waals surface area contributed by atoms with Gasteiger partial charge in [-0.05, 0) is 60.5 Å². The maximum atomic E-state index is 4.19. The van der Waals surface area contributed by atoms with Gasteiger partial charge in [0, 0.05) is 6.54 Å². The first-order valence-electron chi connectivity index (χ1n) is 7.98. The van der Waals surface area contributed by atoms with E-state index in [2.05, 4.69) is 48.1 Å². The van der Waals surface area contributed by atoms with Gasteiger partial charge in [0.15, 0.2) is 5.82 Å². The van der Waals surface area contributed by atoms with Crippen LogP contribution in [0.15, 0.2) is 0 Å². The second-order valence-electron chi connectivity index (χ2n) is 7.09. The van der Waals surface area contributed by atoms with Crippen molar-refractivity contribution in [2.45, 2.75) is 66.5 Å². The first-order chi connectivity index (χ1) is 9.50. The van der Waals surface area contributed by atoms with Gasteiger partial charge in [-0.1, -0.05) is 27.7 Å². The summed E-state index contributed by atoms with van der Waals surface area (Å²) in [5, 5.41) is 12.1. The molecule has 1 fully saturated rings. The van der Waals surface area contributed by atoms with Crippen molar-refractivity contribution in [1.82, 2.24) is 25.1 Å². The zero-order chi connectivity index (χ0) is 14.6. The largest absolute Gasteiger partial charge is 0.296 e. The average molecular weight is 279 g/mol. The monoisotopic (exact) mass is 279 g/mol. The van der Waals surface area contributed by atoms with E-state index in [1.54, 1.807) is 0 Å². The van der Waals surface area contributed by atoms with Crippen molar-refractivity contribution in [1.29, 1.82) is 0 Å². The second kappa shape index (κ2) is 6.66. The van der Waals surface area contributed by atoms with E-state index in [0.717, 1.165) is 31.3 Å². The molecule has 0 radical (unpaired) electrons. The van der Waals surface area contributed by atoms with Gasteiger partial charge in [0.25, 0.3) is 0 Å². The number of aromatic nitrogens is 4. The molecule has 1 atom stereocenters. The molecule has 1 unspecified atom stereocenters. The summed E-state index contributed by atoms with van der Waals surface area (Å²) in [5.74, 6) is 1.85. The third-order valence-electron chi connectivity index (χ3n) is 4.45. The van der Waals surface area contributed by atoms with Crippen LogP contribution < -0.4 is 0 Å². The van der Waals surface area contributed by atoms with E-state index in [-0.39, 0.29) is 0 Å². The summed E-state index contributed by atoms with van der Waals surface area (Å²) in [4.78, 5) is 2.52. The minimum atomic E-state index is 0.430. The van der Waals surface area contributed by atoms with E-state index in [1.807, 2.05) is 4.68 Å². The Balaban J connectivity index is 1.92. The van der Waals surface area contributed by atoms with Crippen LogP contribution in [0.25, 0.3) is 0 Å². The van der Waals surface area contributed by atoms with E-state index in [9.17, 15) is 0 Å². The molecule has 2 rings (SSSR count). The van der Waals surface area contributed by atoms with Crippen molar-refractivity contribution in [3.8, 4) is 0 Å². The van der Waals surface area contributed by atoms with Crippen molar-refractivity contribution in [3.63, 3.8) is 0 Å². The van der Waals surface area contributed by atoms with Crippen molar-refractivity contribution in [2.24, 2.45) is 11.3 Å². The minimum absolute atomic E-state index is 0.430. The van der Waals surface area contributed by atoms with Crippen LogP contribution >= 0.6 is 0 Å². The van der Waals surface area contributed by atoms with Crippen LogP contribution in [0.5, 0.6) is 0 Å². The first kappa shape index (κ1) is 15.4. The Morgan fingerprint density at radius 1 is 1.20 bits per heavy atom. The maximum absolute atomic E-state index is 4.19. The van der Waals surface area contributed by atoms with Crippen LogP contribution in [0.3, 0.4) is 0 Å². The summed E-state index contributed by atoms with van der Waals surface area (Å²) in [7, 11) is 0. The fourth-order valence-corrected chi connectivity index (χ4v) is 3.10. The summed E-state index contributed by atoms with van der Waals surface area (Å²) in [6.07, 6.45) is 5.00. The molecular formula is C15H29N5. The van der Waals surface area contributed by atoms with Crippen LogP contribution in [-0.4, -0.2) is 38.2 Å². The molecular weight excluding hydrogens is 250 g/mol. The molecule has 0 bridgehead atoms. The molecule has 5 heteroatoms. The van der Waals surface area contributed by atoms with Gasteiger partial charge < -0.3 is 0 Å². The molecule has 0 aliphatic carbocycles. The molecule has 20 heavy (non-hydrogen) atoms. The molecule has 0 amide bonds. The summed E-state index contributed by atoms with van der Waals surface area (Å²) >= 11 is 0. The maximum Gasteiger partial charge on any atom is 0.165 e. The smallest absolute Gasteiger partial charge is 0.165 e. The Hall–Kier alpha value is -0.970. The lowest BCUT2D eigenvalue weighted by Crippen LogP contribution is -2.27. The topological polar surface area (TPSA) is 46.8 Å². The fraction of sp³-hybridized carbons (Fsp3) is 0.933. The van der Waals surface area contributed by atoms with Crippen LogP contribution in [0, 0.1) is 11.3 Å². The van der Waals surface area contributed by atoms with Gasteiger partial charge in [-0.3, -0.25) is 4.90 Å². The number of likely N-dealkylation sites (tertiary alicyclic amines) is 1. The standard InChI is InChI=1S/C15H29N5/c1-5-9-20-14(16-17-18-20)12-19-10-6-7-13(8-11-19)15(2,3)4/h13H,5-12H2,1-4H3. The van der Waals surface area contributed by atoms with Crippen LogP contribution in [0.1, 0.15) is 59.2 Å². The normalized spacial score (nSPS) is 21.9. The van der Waals surface area contributed by atoms with E-state index in [4.69, 9.17) is 0 Å². The highest BCUT2D eigenvalue weighted by Gasteiger charge is 2.27. The molecule has 1 aliphatic rings. The number of tetrazole rings is 1. The number of hydrogen-bond acceptors (Lipinski definition) is 4. The third kappa shape index (κ3) is 4.01. The van der Waals surface area contributed by atoms with Crippen molar-refractivity contribution >= 4 is 0 Å². The number of hydrogen-bond donors (Lipinski definition) is 0. The molecule has 114 valence electrons. The predicted molar refractivity (Wildman–Crippen MR) is 80.2 cm³/mol. The molecule has 0 spiro atoms. The number of rotatable bonds is 4. The third-order valence-corrected chi connectivity index (χ3v) is 4.45. The number of aryl methyl sites for hydroxylation is 1. The van der Waals surface area contributed by atoms with Gasteiger partial charge in [0.2, 0.25) is 0 Å². The van der Waals surface area contributed by atoms with Gasteiger partial charge in [0.05, 0.1) is 6.54 Å². The Kier molecular flexibility index (Phi) is 5.13. The molecule has 1 aromatic heterocycles. The Labute approximate surface area is 122 Å². The summed E-state index contributed by atoms with van der Waals surface area (Å²) in [6, 6.07) is 0. The summed E-state index contributed by atoms with van der Waals surface area (Å²) in [5.41, 5.74) is 0.430. The molecule has 1 aliphatic heterocycles. The molecule has 0 aromatic carbocycles. The average Bonchev–Trinajstić information content (AvgIpc) is 2.65. The van der Waals surface area contributed by atoms with E-state index in [0.29, 0.717) is 5.41 Å². The lowest BCUT2D eigenvalue weighted by molar-refractivity contribution is 0.204. The van der Waals surface area contributed by atoms with Crippen molar-refractivity contribution in [2.75, 3.05) is 13.1 Å². The lowest BCUT2D eigenvalue weighted by Gasteiger charge is -2.29. The second-order valence-corrected chi connectivity index (χ2v) is 7.09. The zero-order valence-corrected chi connectivity index (χ0v) is 13.5. The van der Waals surface area contributed by atoms with Gasteiger partial charge in [-0.15, -0.1) is 5.10 Å². The quantitative estimate of drug-likeness (QED) is 0.850. The summed E-state index contributed by atoms with van der Waals surface area (Å²) < 4.78 is 1.95. The number of nitrogens with zero attached hydrogens (tertiary/aromatic N) is 5. The van der Waals surface area contributed by atoms with Gasteiger partial charge in [-0.25, -0.2) is 4.68 Å². The lowest BCUT2D eigenvalue weighted by atomic mass is 9.77. The van der Waals surface area contributed by atoms with Crippen molar-refractivity contribution < 1.29 is 0 Å². The minimum Gasteiger partial charge on any atom is -0.296 e. The van der Waals surface area contributed by atoms with E-state index < -0.39 is 0 Å². The van der Waals surface area contributed by atoms with Gasteiger partial charge in [0.1, 0.15) is 0 Å². The molecule has 0 saturated carbocycles. The molecule has 5 nitrogen and oxygen atoms in total. The van der Waals surface area contributed by atoms with Gasteiger partial charge in [-0.2, -0.15) is 0 Å². The van der Waals surface area contributed by atoms with Crippen LogP contribution in [-0.2, 0) is 13.1 Å². The fourth-order valence-electron chi connectivity index (χ4n) is 3.10. The SMILES string of the molecule is CCCn1nnnc1CN1CCCC(C(C)(C)C)CC1. The van der Waals surface area contributed by atoms with Gasteiger partial charge >= 0.3 is 0 Å². The highest BCUT2D eigenvalue weighted by Crippen LogP contribution is 2.34. The van der Waals surface area contributed by atoms with E-state index >= 15 is 0 Å². The Morgan fingerprint density at radius 3 is 2.70 bits per heavy atom. The molecule has 2 heterocycles. The Bertz CT molecular complexity index is 407. The predicted octanol–water partition coefficient (Wildman–Crippen LogP) is 2.73. The molecule has 0 N–H and O–H groups in total. The van der Waals surface area contributed by atoms with Crippen LogP contribution in [0.4, 0.5) is 0 Å². The highest BCUT2D eigenvalue weighted by atomic mass is 15.5. The first-order valence-corrected chi connectivity index (χ1v) is 7.98. The van der Waals surface area contributed by atoms with Crippen molar-refractivity contribution in [3.05, 3.63) is 5.82 Å². The van der Waals surface area contributed by atoms with Crippen LogP contribution in [0.2, 0.25) is 0 Å². The molecule has 1 aromatic rings. The molecule has 1 saturated heterocycles. The highest BCUT2D eigenvalue weighted by molar-refractivity contribution is 4.84.